The highest BCUT2D eigenvalue weighted by Crippen LogP contribution is 2.14. The molecule has 0 bridgehead atoms. The fourth-order valence-corrected chi connectivity index (χ4v) is 1.12. The molecule has 2 atom stereocenters. The zero-order valence-electron chi connectivity index (χ0n) is 5.15. The Bertz CT molecular complexity index is 74.9. The lowest BCUT2D eigenvalue weighted by Crippen LogP contribution is -2.23. The number of halogens is 1. The molecule has 1 nitrogen and oxygen atoms in total. The van der Waals surface area contributed by atoms with Crippen molar-refractivity contribution in [1.82, 2.24) is 5.32 Å². The van der Waals surface area contributed by atoms with Crippen LogP contribution in [0.25, 0.3) is 0 Å². The lowest BCUT2D eigenvalue weighted by atomic mass is 10.1. The molecule has 0 aromatic heterocycles. The molecule has 48 valence electrons. The van der Waals surface area contributed by atoms with E-state index in [-0.39, 0.29) is 12.6 Å². The smallest absolute Gasteiger partial charge is 0.0937 e. The van der Waals surface area contributed by atoms with Crippen LogP contribution >= 0.6 is 0 Å². The summed E-state index contributed by atoms with van der Waals surface area (Å²) in [5.74, 6) is 0.287. The zero-order chi connectivity index (χ0) is 5.98. The van der Waals surface area contributed by atoms with E-state index < -0.39 is 0 Å². The molecule has 1 saturated heterocycles. The quantitative estimate of drug-likeness (QED) is 0.539. The highest BCUT2D eigenvalue weighted by Gasteiger charge is 2.21. The van der Waals surface area contributed by atoms with Crippen LogP contribution in [0.3, 0.4) is 0 Å². The van der Waals surface area contributed by atoms with Crippen molar-refractivity contribution in [3.63, 3.8) is 0 Å². The maximum absolute atomic E-state index is 11.9. The first-order valence-electron chi connectivity index (χ1n) is 3.14. The van der Waals surface area contributed by atoms with Gasteiger partial charge >= 0.3 is 0 Å². The summed E-state index contributed by atoms with van der Waals surface area (Å²) in [6.45, 7) is 2.88. The summed E-state index contributed by atoms with van der Waals surface area (Å²) in [6.07, 6.45) is 1.01. The van der Waals surface area contributed by atoms with E-state index in [1.807, 2.05) is 6.92 Å². The van der Waals surface area contributed by atoms with Crippen LogP contribution in [-0.4, -0.2) is 19.3 Å². The van der Waals surface area contributed by atoms with Crippen LogP contribution in [0, 0.1) is 5.92 Å². The number of hydrogen-bond acceptors (Lipinski definition) is 1. The van der Waals surface area contributed by atoms with Gasteiger partial charge in [-0.1, -0.05) is 0 Å². The highest BCUT2D eigenvalue weighted by molar-refractivity contribution is 4.78. The van der Waals surface area contributed by atoms with Gasteiger partial charge in [-0.25, -0.2) is 0 Å². The zero-order valence-corrected chi connectivity index (χ0v) is 5.15. The molecule has 0 saturated carbocycles. The molecular formula is C6H12FN. The van der Waals surface area contributed by atoms with Gasteiger partial charge in [0.2, 0.25) is 0 Å². The third-order valence-corrected chi connectivity index (χ3v) is 1.89. The summed E-state index contributed by atoms with van der Waals surface area (Å²) < 4.78 is 11.9. The van der Waals surface area contributed by atoms with Crippen molar-refractivity contribution >= 4 is 0 Å². The van der Waals surface area contributed by atoms with Crippen LogP contribution < -0.4 is 5.32 Å². The fourth-order valence-electron chi connectivity index (χ4n) is 1.12. The summed E-state index contributed by atoms with van der Waals surface area (Å²) >= 11 is 0. The lowest BCUT2D eigenvalue weighted by molar-refractivity contribution is 0.342. The normalized spacial score (nSPS) is 38.2. The first kappa shape index (κ1) is 6.02. The van der Waals surface area contributed by atoms with Gasteiger partial charge < -0.3 is 5.32 Å². The van der Waals surface area contributed by atoms with Crippen molar-refractivity contribution < 1.29 is 4.39 Å². The predicted molar refractivity (Wildman–Crippen MR) is 31.5 cm³/mol. The minimum atomic E-state index is -0.159. The van der Waals surface area contributed by atoms with Gasteiger partial charge in [-0.15, -0.1) is 0 Å². The second-order valence-electron chi connectivity index (χ2n) is 2.45. The summed E-state index contributed by atoms with van der Waals surface area (Å²) in [4.78, 5) is 0. The monoisotopic (exact) mass is 117 g/mol. The molecule has 0 aromatic rings. The van der Waals surface area contributed by atoms with Gasteiger partial charge in [-0.3, -0.25) is 4.39 Å². The van der Waals surface area contributed by atoms with Gasteiger partial charge in [0.15, 0.2) is 0 Å². The van der Waals surface area contributed by atoms with Gasteiger partial charge in [-0.05, 0) is 19.9 Å². The van der Waals surface area contributed by atoms with Crippen molar-refractivity contribution in [3.05, 3.63) is 0 Å². The molecular weight excluding hydrogens is 105 g/mol. The van der Waals surface area contributed by atoms with Gasteiger partial charge in [0.1, 0.15) is 0 Å². The molecule has 0 amide bonds. The maximum Gasteiger partial charge on any atom is 0.0937 e. The molecule has 1 aliphatic heterocycles. The average molecular weight is 117 g/mol. The predicted octanol–water partition coefficient (Wildman–Crippen LogP) is 0.954. The molecule has 1 fully saturated rings. The van der Waals surface area contributed by atoms with Crippen LogP contribution in [0.2, 0.25) is 0 Å². The molecule has 0 aromatic carbocycles. The lowest BCUT2D eigenvalue weighted by Gasteiger charge is -2.08. The van der Waals surface area contributed by atoms with E-state index in [0.717, 1.165) is 13.0 Å². The molecule has 1 rings (SSSR count). The second-order valence-corrected chi connectivity index (χ2v) is 2.45. The Morgan fingerprint density at radius 1 is 1.75 bits per heavy atom. The van der Waals surface area contributed by atoms with Crippen LogP contribution in [-0.2, 0) is 0 Å². The van der Waals surface area contributed by atoms with Crippen LogP contribution in [0.4, 0.5) is 4.39 Å². The number of nitrogens with one attached hydrogen (secondary N) is 1. The Morgan fingerprint density at radius 3 is 2.75 bits per heavy atom. The summed E-state index contributed by atoms with van der Waals surface area (Å²) in [5, 5.41) is 3.18. The Labute approximate surface area is 49.3 Å². The molecule has 2 heteroatoms. The highest BCUT2D eigenvalue weighted by atomic mass is 19.1. The molecule has 0 aliphatic carbocycles. The van der Waals surface area contributed by atoms with Crippen LogP contribution in [0.15, 0.2) is 0 Å². The Hall–Kier alpha value is -0.110. The van der Waals surface area contributed by atoms with Gasteiger partial charge in [0.05, 0.1) is 6.67 Å². The molecule has 1 heterocycles. The van der Waals surface area contributed by atoms with E-state index in [1.165, 1.54) is 0 Å². The van der Waals surface area contributed by atoms with E-state index in [9.17, 15) is 4.39 Å². The topological polar surface area (TPSA) is 12.0 Å². The third kappa shape index (κ3) is 0.996. The standard InChI is InChI=1S/C6H12FN/c1-5-6(4-7)2-3-8-5/h5-6,8H,2-4H2,1H3/t5-,6-/m0/s1. The van der Waals surface area contributed by atoms with E-state index in [0.29, 0.717) is 6.04 Å². The summed E-state index contributed by atoms with van der Waals surface area (Å²) in [5.41, 5.74) is 0. The number of alkyl halides is 1. The Kier molecular flexibility index (Phi) is 1.84. The Balaban J connectivity index is 2.30. The summed E-state index contributed by atoms with van der Waals surface area (Å²) in [6, 6.07) is 0.403. The molecule has 8 heavy (non-hydrogen) atoms. The molecule has 0 unspecified atom stereocenters. The van der Waals surface area contributed by atoms with E-state index >= 15 is 0 Å². The van der Waals surface area contributed by atoms with Crippen LogP contribution in [0.5, 0.6) is 0 Å². The van der Waals surface area contributed by atoms with Crippen molar-refractivity contribution in [2.24, 2.45) is 5.92 Å². The Morgan fingerprint density at radius 2 is 2.50 bits per heavy atom. The summed E-state index contributed by atoms with van der Waals surface area (Å²) in [7, 11) is 0. The molecule has 0 spiro atoms. The van der Waals surface area contributed by atoms with E-state index in [1.54, 1.807) is 0 Å². The van der Waals surface area contributed by atoms with Crippen molar-refractivity contribution in [2.75, 3.05) is 13.2 Å². The third-order valence-electron chi connectivity index (χ3n) is 1.89. The van der Waals surface area contributed by atoms with Gasteiger partial charge in [-0.2, -0.15) is 0 Å². The van der Waals surface area contributed by atoms with Gasteiger partial charge in [0.25, 0.3) is 0 Å². The maximum atomic E-state index is 11.9. The second kappa shape index (κ2) is 2.44. The largest absolute Gasteiger partial charge is 0.314 e. The molecule has 1 N–H and O–H groups in total. The first-order chi connectivity index (χ1) is 3.84. The van der Waals surface area contributed by atoms with Crippen molar-refractivity contribution in [1.29, 1.82) is 0 Å². The molecule has 0 radical (unpaired) electrons. The first-order valence-corrected chi connectivity index (χ1v) is 3.14. The van der Waals surface area contributed by atoms with Crippen molar-refractivity contribution in [2.45, 2.75) is 19.4 Å². The SMILES string of the molecule is C[C@@H]1NCC[C@H]1CF. The fraction of sp³-hybridized carbons (Fsp3) is 1.00. The molecule has 1 aliphatic rings. The number of rotatable bonds is 1. The van der Waals surface area contributed by atoms with Crippen molar-refractivity contribution in [3.8, 4) is 0 Å². The number of hydrogen-bond donors (Lipinski definition) is 1. The van der Waals surface area contributed by atoms with Crippen LogP contribution in [0.1, 0.15) is 13.3 Å². The van der Waals surface area contributed by atoms with E-state index in [2.05, 4.69) is 5.32 Å². The minimum Gasteiger partial charge on any atom is -0.314 e. The minimum absolute atomic E-state index is 0.159. The van der Waals surface area contributed by atoms with Gasteiger partial charge in [0, 0.05) is 12.0 Å². The van der Waals surface area contributed by atoms with E-state index in [4.69, 9.17) is 0 Å². The average Bonchev–Trinajstić information content (AvgIpc) is 2.14.